The maximum atomic E-state index is 8.77. The van der Waals surface area contributed by atoms with Gasteiger partial charge in [0.15, 0.2) is 0 Å². The van der Waals surface area contributed by atoms with Gasteiger partial charge in [0.2, 0.25) is 0 Å². The van der Waals surface area contributed by atoms with Crippen molar-refractivity contribution in [2.75, 3.05) is 33.3 Å². The Balaban J connectivity index is 2.32. The molecule has 1 rings (SSSR count). The first-order valence-corrected chi connectivity index (χ1v) is 7.85. The summed E-state index contributed by atoms with van der Waals surface area (Å²) in [4.78, 5) is 2.39. The van der Waals surface area contributed by atoms with Crippen LogP contribution < -0.4 is 5.32 Å². The lowest BCUT2D eigenvalue weighted by atomic mass is 10.0. The largest absolute Gasteiger partial charge is 0.396 e. The molecule has 1 unspecified atom stereocenters. The van der Waals surface area contributed by atoms with Crippen molar-refractivity contribution in [3.8, 4) is 0 Å². The van der Waals surface area contributed by atoms with Crippen LogP contribution in [0.5, 0.6) is 0 Å². The minimum Gasteiger partial charge on any atom is -0.396 e. The highest BCUT2D eigenvalue weighted by Crippen LogP contribution is 2.16. The van der Waals surface area contributed by atoms with Crippen molar-refractivity contribution in [2.45, 2.75) is 38.6 Å². The van der Waals surface area contributed by atoms with Crippen molar-refractivity contribution < 1.29 is 5.11 Å². The molecule has 0 radical (unpaired) electrons. The molecule has 114 valence electrons. The van der Waals surface area contributed by atoms with Crippen molar-refractivity contribution >= 4 is 0 Å². The van der Waals surface area contributed by atoms with Gasteiger partial charge in [-0.05, 0) is 57.9 Å². The summed E-state index contributed by atoms with van der Waals surface area (Å²) in [6.45, 7) is 5.70. The Hall–Kier alpha value is -0.900. The van der Waals surface area contributed by atoms with Gasteiger partial charge >= 0.3 is 0 Å². The molecule has 0 heterocycles. The molecule has 0 bridgehead atoms. The molecular weight excluding hydrogens is 248 g/mol. The van der Waals surface area contributed by atoms with E-state index in [0.717, 1.165) is 38.9 Å². The Morgan fingerprint density at radius 2 is 1.85 bits per heavy atom. The Morgan fingerprint density at radius 3 is 2.50 bits per heavy atom. The van der Waals surface area contributed by atoms with Crippen molar-refractivity contribution in [3.63, 3.8) is 0 Å². The first-order chi connectivity index (χ1) is 9.77. The zero-order chi connectivity index (χ0) is 14.6. The number of benzene rings is 1. The number of hydrogen-bond donors (Lipinski definition) is 2. The predicted molar refractivity (Wildman–Crippen MR) is 85.9 cm³/mol. The quantitative estimate of drug-likeness (QED) is 0.611. The molecule has 2 N–H and O–H groups in total. The zero-order valence-corrected chi connectivity index (χ0v) is 13.0. The molecule has 1 atom stereocenters. The molecule has 0 fully saturated rings. The van der Waals surface area contributed by atoms with Crippen LogP contribution in [0.25, 0.3) is 0 Å². The van der Waals surface area contributed by atoms with E-state index in [4.69, 9.17) is 5.11 Å². The molecule has 0 saturated heterocycles. The lowest BCUT2D eigenvalue weighted by molar-refractivity contribution is 0.268. The molecular formula is C17H30N2O. The summed E-state index contributed by atoms with van der Waals surface area (Å²) < 4.78 is 0. The van der Waals surface area contributed by atoms with E-state index in [1.165, 1.54) is 12.0 Å². The highest BCUT2D eigenvalue weighted by atomic mass is 16.2. The van der Waals surface area contributed by atoms with Gasteiger partial charge in [-0.3, -0.25) is 0 Å². The minimum absolute atomic E-state index is 0.320. The van der Waals surface area contributed by atoms with Crippen LogP contribution in [0.15, 0.2) is 30.3 Å². The minimum atomic E-state index is 0.320. The second-order valence-electron chi connectivity index (χ2n) is 5.40. The SMILES string of the molecule is CCNC(CCN(C)CCCCCO)c1ccccc1. The van der Waals surface area contributed by atoms with E-state index in [9.17, 15) is 0 Å². The third kappa shape index (κ3) is 7.04. The average molecular weight is 278 g/mol. The number of nitrogens with one attached hydrogen (secondary N) is 1. The maximum Gasteiger partial charge on any atom is 0.0431 e. The van der Waals surface area contributed by atoms with E-state index in [1.54, 1.807) is 0 Å². The van der Waals surface area contributed by atoms with Gasteiger partial charge < -0.3 is 15.3 Å². The summed E-state index contributed by atoms with van der Waals surface area (Å²) in [5, 5.41) is 12.3. The highest BCUT2D eigenvalue weighted by Gasteiger charge is 2.10. The van der Waals surface area contributed by atoms with E-state index in [0.29, 0.717) is 12.6 Å². The van der Waals surface area contributed by atoms with Crippen LogP contribution in [0.3, 0.4) is 0 Å². The van der Waals surface area contributed by atoms with Crippen LogP contribution in [-0.2, 0) is 0 Å². The summed E-state index contributed by atoms with van der Waals surface area (Å²) in [6.07, 6.45) is 4.36. The maximum absolute atomic E-state index is 8.77. The molecule has 0 aliphatic heterocycles. The zero-order valence-electron chi connectivity index (χ0n) is 13.0. The molecule has 0 spiro atoms. The van der Waals surface area contributed by atoms with Gasteiger partial charge in [0.25, 0.3) is 0 Å². The van der Waals surface area contributed by atoms with Crippen molar-refractivity contribution in [1.29, 1.82) is 0 Å². The molecule has 0 amide bonds. The second kappa shape index (κ2) is 10.8. The number of hydrogen-bond acceptors (Lipinski definition) is 3. The molecule has 3 nitrogen and oxygen atoms in total. The topological polar surface area (TPSA) is 35.5 Å². The molecule has 1 aromatic carbocycles. The molecule has 0 aliphatic carbocycles. The lowest BCUT2D eigenvalue weighted by Crippen LogP contribution is -2.28. The average Bonchev–Trinajstić information content (AvgIpc) is 2.49. The fourth-order valence-electron chi connectivity index (χ4n) is 2.45. The molecule has 20 heavy (non-hydrogen) atoms. The van der Waals surface area contributed by atoms with Gasteiger partial charge in [-0.1, -0.05) is 37.3 Å². The first-order valence-electron chi connectivity index (χ1n) is 7.85. The van der Waals surface area contributed by atoms with E-state index in [-0.39, 0.29) is 0 Å². The van der Waals surface area contributed by atoms with Crippen LogP contribution >= 0.6 is 0 Å². The molecule has 0 aromatic heterocycles. The molecule has 0 saturated carbocycles. The summed E-state index contributed by atoms with van der Waals surface area (Å²) in [5.74, 6) is 0. The van der Waals surface area contributed by atoms with Crippen LogP contribution in [-0.4, -0.2) is 43.3 Å². The van der Waals surface area contributed by atoms with Crippen LogP contribution in [0, 0.1) is 0 Å². The Morgan fingerprint density at radius 1 is 1.10 bits per heavy atom. The third-order valence-corrected chi connectivity index (χ3v) is 3.65. The van der Waals surface area contributed by atoms with Crippen LogP contribution in [0.1, 0.15) is 44.2 Å². The monoisotopic (exact) mass is 278 g/mol. The van der Waals surface area contributed by atoms with Gasteiger partial charge in [0.05, 0.1) is 0 Å². The molecule has 0 aliphatic rings. The first kappa shape index (κ1) is 17.2. The smallest absolute Gasteiger partial charge is 0.0431 e. The second-order valence-corrected chi connectivity index (χ2v) is 5.40. The summed E-state index contributed by atoms with van der Waals surface area (Å²) >= 11 is 0. The summed E-state index contributed by atoms with van der Waals surface area (Å²) in [7, 11) is 2.19. The van der Waals surface area contributed by atoms with Gasteiger partial charge in [0.1, 0.15) is 0 Å². The number of rotatable bonds is 11. The Labute approximate surface area is 124 Å². The van der Waals surface area contributed by atoms with Gasteiger partial charge in [0, 0.05) is 12.6 Å². The summed E-state index contributed by atoms with van der Waals surface area (Å²) in [6, 6.07) is 11.1. The highest BCUT2D eigenvalue weighted by molar-refractivity contribution is 5.18. The normalized spacial score (nSPS) is 12.8. The lowest BCUT2D eigenvalue weighted by Gasteiger charge is -2.22. The van der Waals surface area contributed by atoms with Gasteiger partial charge in [-0.25, -0.2) is 0 Å². The van der Waals surface area contributed by atoms with Crippen LogP contribution in [0.4, 0.5) is 0 Å². The van der Waals surface area contributed by atoms with E-state index >= 15 is 0 Å². The number of aliphatic hydroxyl groups excluding tert-OH is 1. The van der Waals surface area contributed by atoms with E-state index in [2.05, 4.69) is 54.5 Å². The van der Waals surface area contributed by atoms with Crippen LogP contribution in [0.2, 0.25) is 0 Å². The number of unbranched alkanes of at least 4 members (excludes halogenated alkanes) is 2. The van der Waals surface area contributed by atoms with E-state index < -0.39 is 0 Å². The standard InChI is InChI=1S/C17H30N2O/c1-3-18-17(16-10-6-4-7-11-16)12-14-19(2)13-8-5-9-15-20/h4,6-7,10-11,17-18,20H,3,5,8-9,12-15H2,1-2H3. The fraction of sp³-hybridized carbons (Fsp3) is 0.647. The third-order valence-electron chi connectivity index (χ3n) is 3.65. The molecule has 1 aromatic rings. The van der Waals surface area contributed by atoms with Gasteiger partial charge in [-0.2, -0.15) is 0 Å². The predicted octanol–water partition coefficient (Wildman–Crippen LogP) is 2.82. The Bertz CT molecular complexity index is 329. The van der Waals surface area contributed by atoms with Crippen molar-refractivity contribution in [1.82, 2.24) is 10.2 Å². The van der Waals surface area contributed by atoms with E-state index in [1.807, 2.05) is 0 Å². The summed E-state index contributed by atoms with van der Waals surface area (Å²) in [5.41, 5.74) is 1.38. The van der Waals surface area contributed by atoms with Gasteiger partial charge in [-0.15, -0.1) is 0 Å². The molecule has 3 heteroatoms. The fourth-order valence-corrected chi connectivity index (χ4v) is 2.45. The van der Waals surface area contributed by atoms with Crippen molar-refractivity contribution in [3.05, 3.63) is 35.9 Å². The number of nitrogens with zero attached hydrogens (tertiary/aromatic N) is 1. The Kier molecular flexibility index (Phi) is 9.29. The van der Waals surface area contributed by atoms with Crippen molar-refractivity contribution in [2.24, 2.45) is 0 Å². The number of aliphatic hydroxyl groups is 1.